The van der Waals surface area contributed by atoms with Crippen LogP contribution in [0, 0.1) is 24.1 Å². The highest BCUT2D eigenvalue weighted by atomic mass is 19.1. The van der Waals surface area contributed by atoms with Crippen LogP contribution in [0.3, 0.4) is 0 Å². The molecule has 0 aromatic heterocycles. The maximum Gasteiger partial charge on any atom is 0.302 e. The van der Waals surface area contributed by atoms with E-state index >= 15 is 0 Å². The van der Waals surface area contributed by atoms with E-state index in [1.165, 1.54) is 17.0 Å². The highest BCUT2D eigenvalue weighted by molar-refractivity contribution is 6.10. The summed E-state index contributed by atoms with van der Waals surface area (Å²) >= 11 is 0. The van der Waals surface area contributed by atoms with Crippen molar-refractivity contribution in [1.29, 1.82) is 0 Å². The van der Waals surface area contributed by atoms with E-state index in [2.05, 4.69) is 5.92 Å². The van der Waals surface area contributed by atoms with Gasteiger partial charge >= 0.3 is 5.91 Å². The Labute approximate surface area is 141 Å². The largest absolute Gasteiger partial charge is 0.302 e. The number of anilines is 1. The van der Waals surface area contributed by atoms with Crippen molar-refractivity contribution in [2.75, 3.05) is 4.90 Å². The van der Waals surface area contributed by atoms with Crippen LogP contribution in [0.5, 0.6) is 0 Å². The summed E-state index contributed by atoms with van der Waals surface area (Å²) in [5.74, 6) is 0.392. The van der Waals surface area contributed by atoms with E-state index in [0.717, 1.165) is 11.6 Å². The molecule has 0 N–H and O–H groups in total. The summed E-state index contributed by atoms with van der Waals surface area (Å²) in [7, 11) is 0. The Bertz CT molecular complexity index is 791. The molecule has 0 saturated heterocycles. The lowest BCUT2D eigenvalue weighted by Crippen LogP contribution is -2.31. The molecule has 122 valence electrons. The van der Waals surface area contributed by atoms with E-state index < -0.39 is 11.7 Å². The predicted octanol–water partition coefficient (Wildman–Crippen LogP) is 3.83. The second kappa shape index (κ2) is 7.56. The second-order valence-corrected chi connectivity index (χ2v) is 5.70. The number of carbonyl (C=O) groups excluding carboxylic acids is 2. The van der Waals surface area contributed by atoms with Gasteiger partial charge < -0.3 is 0 Å². The minimum Gasteiger partial charge on any atom is -0.296 e. The fraction of sp³-hybridized carbons (Fsp3) is 0.200. The van der Waals surface area contributed by atoms with Gasteiger partial charge in [0, 0.05) is 11.5 Å². The highest BCUT2D eigenvalue weighted by Crippen LogP contribution is 2.26. The van der Waals surface area contributed by atoms with E-state index in [1.54, 1.807) is 13.8 Å². The molecule has 3 nitrogen and oxygen atoms in total. The number of nitrogens with zero attached hydrogens (tertiary/aromatic N) is 1. The monoisotopic (exact) mass is 323 g/mol. The molecule has 2 rings (SSSR count). The molecule has 0 saturated carbocycles. The van der Waals surface area contributed by atoms with E-state index in [4.69, 9.17) is 6.42 Å². The number of rotatable bonds is 5. The molecular weight excluding hydrogens is 305 g/mol. The minimum absolute atomic E-state index is 0.157. The first-order valence-electron chi connectivity index (χ1n) is 7.59. The van der Waals surface area contributed by atoms with Crippen molar-refractivity contribution >= 4 is 17.4 Å². The van der Waals surface area contributed by atoms with Crippen LogP contribution in [0.1, 0.15) is 29.8 Å². The van der Waals surface area contributed by atoms with Crippen LogP contribution in [-0.4, -0.2) is 11.7 Å². The third-order valence-electron chi connectivity index (χ3n) is 3.59. The minimum atomic E-state index is -0.580. The molecule has 0 bridgehead atoms. The van der Waals surface area contributed by atoms with Crippen LogP contribution < -0.4 is 4.90 Å². The quantitative estimate of drug-likeness (QED) is 0.619. The number of terminal acetylenes is 1. The average Bonchev–Trinajstić information content (AvgIpc) is 2.59. The summed E-state index contributed by atoms with van der Waals surface area (Å²) in [6, 6.07) is 13.0. The lowest BCUT2D eigenvalue weighted by atomic mass is 9.98. The Hall–Kier alpha value is -2.93. The van der Waals surface area contributed by atoms with Crippen LogP contribution >= 0.6 is 0 Å². The Morgan fingerprint density at radius 3 is 2.42 bits per heavy atom. The molecule has 4 heteroatoms. The molecule has 0 spiro atoms. The van der Waals surface area contributed by atoms with Gasteiger partial charge in [-0.1, -0.05) is 44.2 Å². The molecule has 0 radical (unpaired) electrons. The molecule has 24 heavy (non-hydrogen) atoms. The van der Waals surface area contributed by atoms with Crippen LogP contribution in [0.4, 0.5) is 10.1 Å². The SMILES string of the molecule is C#CC(=O)N(Cc1ccccc1)c1ccc(F)cc1C(=O)C(C)C. The van der Waals surface area contributed by atoms with Crippen LogP contribution in [0.15, 0.2) is 48.5 Å². The molecule has 0 heterocycles. The average molecular weight is 323 g/mol. The Morgan fingerprint density at radius 1 is 1.17 bits per heavy atom. The number of amides is 1. The molecule has 0 aliphatic rings. The summed E-state index contributed by atoms with van der Waals surface area (Å²) in [6.45, 7) is 3.65. The van der Waals surface area contributed by atoms with Gasteiger partial charge in [-0.05, 0) is 29.7 Å². The summed E-state index contributed by atoms with van der Waals surface area (Å²) in [6.07, 6.45) is 5.28. The molecule has 0 atom stereocenters. The van der Waals surface area contributed by atoms with Gasteiger partial charge in [0.05, 0.1) is 12.2 Å². The Balaban J connectivity index is 2.52. The summed E-state index contributed by atoms with van der Waals surface area (Å²) in [4.78, 5) is 26.0. The standard InChI is InChI=1S/C20H18FNO2/c1-4-19(23)22(13-15-8-6-5-7-9-15)18-11-10-16(21)12-17(18)20(24)14(2)3/h1,5-12,14H,13H2,2-3H3. The summed E-state index contributed by atoms with van der Waals surface area (Å²) < 4.78 is 13.6. The van der Waals surface area contributed by atoms with Crippen molar-refractivity contribution in [3.8, 4) is 12.3 Å². The van der Waals surface area contributed by atoms with Gasteiger partial charge in [-0.25, -0.2) is 4.39 Å². The zero-order valence-corrected chi connectivity index (χ0v) is 13.6. The number of benzene rings is 2. The number of ketones is 1. The number of halogens is 1. The third kappa shape index (κ3) is 3.88. The molecule has 2 aromatic rings. The van der Waals surface area contributed by atoms with E-state index in [1.807, 2.05) is 30.3 Å². The number of hydrogen-bond donors (Lipinski definition) is 0. The lowest BCUT2D eigenvalue weighted by Gasteiger charge is -2.23. The molecule has 0 unspecified atom stereocenters. The van der Waals surface area contributed by atoms with Gasteiger partial charge in [-0.3, -0.25) is 14.5 Å². The second-order valence-electron chi connectivity index (χ2n) is 5.70. The van der Waals surface area contributed by atoms with Gasteiger partial charge in [0.15, 0.2) is 5.78 Å². The zero-order valence-electron chi connectivity index (χ0n) is 13.6. The van der Waals surface area contributed by atoms with Crippen molar-refractivity contribution in [3.63, 3.8) is 0 Å². The van der Waals surface area contributed by atoms with Crippen LogP contribution in [0.2, 0.25) is 0 Å². The van der Waals surface area contributed by atoms with Crippen molar-refractivity contribution < 1.29 is 14.0 Å². The molecule has 0 aliphatic heterocycles. The molecule has 1 amide bonds. The zero-order chi connectivity index (χ0) is 17.7. The number of Topliss-reactive ketones (excluding diaryl/α,β-unsaturated/α-hetero) is 1. The van der Waals surface area contributed by atoms with E-state index in [-0.39, 0.29) is 23.8 Å². The molecule has 0 fully saturated rings. The first-order chi connectivity index (χ1) is 11.4. The number of carbonyl (C=O) groups is 2. The van der Waals surface area contributed by atoms with E-state index in [9.17, 15) is 14.0 Å². The smallest absolute Gasteiger partial charge is 0.296 e. The maximum atomic E-state index is 13.6. The van der Waals surface area contributed by atoms with Crippen molar-refractivity contribution in [2.45, 2.75) is 20.4 Å². The van der Waals surface area contributed by atoms with Gasteiger partial charge in [-0.2, -0.15) is 0 Å². The normalized spacial score (nSPS) is 10.3. The van der Waals surface area contributed by atoms with E-state index in [0.29, 0.717) is 5.69 Å². The Kier molecular flexibility index (Phi) is 5.49. The van der Waals surface area contributed by atoms with Crippen LogP contribution in [-0.2, 0) is 11.3 Å². The van der Waals surface area contributed by atoms with Gasteiger partial charge in [0.1, 0.15) is 5.82 Å². The molecule has 2 aromatic carbocycles. The first-order valence-corrected chi connectivity index (χ1v) is 7.59. The van der Waals surface area contributed by atoms with Crippen molar-refractivity contribution in [3.05, 3.63) is 65.5 Å². The van der Waals surface area contributed by atoms with Crippen LogP contribution in [0.25, 0.3) is 0 Å². The fourth-order valence-electron chi connectivity index (χ4n) is 2.36. The predicted molar refractivity (Wildman–Crippen MR) is 92.0 cm³/mol. The summed E-state index contributed by atoms with van der Waals surface area (Å²) in [5.41, 5.74) is 1.33. The first kappa shape index (κ1) is 17.4. The molecular formula is C20H18FNO2. The van der Waals surface area contributed by atoms with Gasteiger partial charge in [0.2, 0.25) is 0 Å². The van der Waals surface area contributed by atoms with Gasteiger partial charge in [0.25, 0.3) is 0 Å². The number of hydrogen-bond acceptors (Lipinski definition) is 2. The highest BCUT2D eigenvalue weighted by Gasteiger charge is 2.23. The fourth-order valence-corrected chi connectivity index (χ4v) is 2.36. The molecule has 0 aliphatic carbocycles. The lowest BCUT2D eigenvalue weighted by molar-refractivity contribution is -0.113. The maximum absolute atomic E-state index is 13.6. The summed E-state index contributed by atoms with van der Waals surface area (Å²) in [5, 5.41) is 0. The Morgan fingerprint density at radius 2 is 1.83 bits per heavy atom. The topological polar surface area (TPSA) is 37.4 Å². The van der Waals surface area contributed by atoms with Crippen molar-refractivity contribution in [2.24, 2.45) is 5.92 Å². The third-order valence-corrected chi connectivity index (χ3v) is 3.59. The van der Waals surface area contributed by atoms with Crippen molar-refractivity contribution in [1.82, 2.24) is 0 Å². The van der Waals surface area contributed by atoms with Gasteiger partial charge in [-0.15, -0.1) is 6.42 Å².